The Morgan fingerprint density at radius 3 is 2.31 bits per heavy atom. The number of H-pyrrole nitrogens is 1. The fourth-order valence-electron chi connectivity index (χ4n) is 1.02. The van der Waals surface area contributed by atoms with Gasteiger partial charge in [0, 0.05) is 0 Å². The molecule has 0 aliphatic rings. The average Bonchev–Trinajstić information content (AvgIpc) is 2.61. The van der Waals surface area contributed by atoms with E-state index in [4.69, 9.17) is 0 Å². The van der Waals surface area contributed by atoms with Crippen molar-refractivity contribution < 1.29 is 23.5 Å². The van der Waals surface area contributed by atoms with Gasteiger partial charge in [0.1, 0.15) is 0 Å². The lowest BCUT2D eigenvalue weighted by Gasteiger charge is -2.00. The number of aromatic amines is 1. The maximum absolute atomic E-state index is 11.3. The molecule has 1 heterocycles. The molecule has 0 aromatic carbocycles. The van der Waals surface area contributed by atoms with Crippen LogP contribution >= 0.6 is 0 Å². The fourth-order valence-corrected chi connectivity index (χ4v) is 1.02. The van der Waals surface area contributed by atoms with Crippen LogP contribution in [0.15, 0.2) is 9.21 Å². The van der Waals surface area contributed by atoms with Crippen molar-refractivity contribution in [3.63, 3.8) is 0 Å². The molecule has 7 heteroatoms. The van der Waals surface area contributed by atoms with Crippen molar-refractivity contribution in [1.29, 1.82) is 0 Å². The molecule has 0 atom stereocenters. The van der Waals surface area contributed by atoms with Crippen LogP contribution in [0.25, 0.3) is 0 Å². The van der Waals surface area contributed by atoms with Crippen LogP contribution in [0.4, 0.5) is 0 Å². The monoisotopic (exact) mass is 229 g/mol. The summed E-state index contributed by atoms with van der Waals surface area (Å²) in [6, 6.07) is 0. The van der Waals surface area contributed by atoms with Crippen LogP contribution in [-0.2, 0) is 9.47 Å². The second-order valence-electron chi connectivity index (χ2n) is 2.66. The highest BCUT2D eigenvalue weighted by atomic mass is 16.6. The molecule has 0 saturated carbocycles. The van der Waals surface area contributed by atoms with Crippen molar-refractivity contribution in [2.24, 2.45) is 0 Å². The Labute approximate surface area is 90.3 Å². The molecule has 7 nitrogen and oxygen atoms in total. The molecule has 0 bridgehead atoms. The predicted molar refractivity (Wildman–Crippen MR) is 51.2 cm³/mol. The summed E-state index contributed by atoms with van der Waals surface area (Å²) in [6.45, 7) is 3.41. The number of carbonyl (C=O) groups excluding carboxylic acids is 2. The third-order valence-corrected chi connectivity index (χ3v) is 1.59. The molecule has 1 aromatic rings. The number of carbonyl (C=O) groups is 2. The van der Waals surface area contributed by atoms with Crippen molar-refractivity contribution in [2.45, 2.75) is 13.8 Å². The van der Waals surface area contributed by atoms with Crippen LogP contribution in [0.5, 0.6) is 0 Å². The van der Waals surface area contributed by atoms with Crippen LogP contribution < -0.4 is 5.76 Å². The highest BCUT2D eigenvalue weighted by Gasteiger charge is 2.25. The van der Waals surface area contributed by atoms with Crippen molar-refractivity contribution in [3.05, 3.63) is 22.0 Å². The second kappa shape index (κ2) is 5.15. The summed E-state index contributed by atoms with van der Waals surface area (Å²) in [5.41, 5.74) is -0.328. The zero-order valence-electron chi connectivity index (χ0n) is 8.86. The van der Waals surface area contributed by atoms with E-state index in [9.17, 15) is 14.4 Å². The van der Waals surface area contributed by atoms with Crippen LogP contribution in [0.2, 0.25) is 0 Å². The largest absolute Gasteiger partial charge is 0.461 e. The molecular formula is C9H11NO6. The topological polar surface area (TPSA) is 98.6 Å². The van der Waals surface area contributed by atoms with E-state index < -0.39 is 23.5 Å². The Bertz CT molecular complexity index is 405. The van der Waals surface area contributed by atoms with E-state index in [2.05, 4.69) is 18.9 Å². The lowest BCUT2D eigenvalue weighted by molar-refractivity contribution is 0.0448. The van der Waals surface area contributed by atoms with Crippen LogP contribution in [0, 0.1) is 0 Å². The second-order valence-corrected chi connectivity index (χ2v) is 2.66. The van der Waals surface area contributed by atoms with Gasteiger partial charge in [-0.3, -0.25) is 4.98 Å². The standard InChI is InChI=1S/C9H11NO6/c1-3-14-7(11)5-6(8(12)15-4-2)16-9(13)10-5/h3-4H2,1-2H3,(H,10,13). The van der Waals surface area contributed by atoms with E-state index in [0.717, 1.165) is 0 Å². The Morgan fingerprint density at radius 2 is 1.75 bits per heavy atom. The maximum atomic E-state index is 11.3. The van der Waals surface area contributed by atoms with Crippen molar-refractivity contribution in [3.8, 4) is 0 Å². The lowest BCUT2D eigenvalue weighted by atomic mass is 10.3. The zero-order chi connectivity index (χ0) is 12.1. The third-order valence-electron chi connectivity index (χ3n) is 1.59. The first-order valence-corrected chi connectivity index (χ1v) is 4.67. The molecule has 0 spiro atoms. The van der Waals surface area contributed by atoms with Gasteiger partial charge in [-0.1, -0.05) is 0 Å². The quantitative estimate of drug-likeness (QED) is 0.746. The Kier molecular flexibility index (Phi) is 3.87. The molecule has 0 saturated heterocycles. The molecule has 1 N–H and O–H groups in total. The molecule has 88 valence electrons. The van der Waals surface area contributed by atoms with Gasteiger partial charge in [-0.25, -0.2) is 14.4 Å². The van der Waals surface area contributed by atoms with Crippen LogP contribution in [0.1, 0.15) is 34.9 Å². The number of esters is 2. The highest BCUT2D eigenvalue weighted by Crippen LogP contribution is 2.07. The average molecular weight is 229 g/mol. The molecule has 0 amide bonds. The summed E-state index contributed by atoms with van der Waals surface area (Å²) in [6.07, 6.45) is 0. The Hall–Kier alpha value is -2.05. The number of hydrogen-bond donors (Lipinski definition) is 1. The molecule has 0 fully saturated rings. The van der Waals surface area contributed by atoms with Gasteiger partial charge in [0.15, 0.2) is 5.69 Å². The van der Waals surface area contributed by atoms with E-state index >= 15 is 0 Å². The normalized spacial score (nSPS) is 9.88. The Morgan fingerprint density at radius 1 is 1.19 bits per heavy atom. The van der Waals surface area contributed by atoms with Gasteiger partial charge in [0.2, 0.25) is 5.76 Å². The minimum atomic E-state index is -0.911. The minimum absolute atomic E-state index is 0.107. The minimum Gasteiger partial charge on any atom is -0.461 e. The number of nitrogens with one attached hydrogen (secondary N) is 1. The molecule has 0 unspecified atom stereocenters. The maximum Gasteiger partial charge on any atom is 0.417 e. The molecule has 0 aliphatic heterocycles. The van der Waals surface area contributed by atoms with E-state index in [0.29, 0.717) is 0 Å². The summed E-state index contributed by atoms with van der Waals surface area (Å²) >= 11 is 0. The van der Waals surface area contributed by atoms with Crippen molar-refractivity contribution in [1.82, 2.24) is 4.98 Å². The smallest absolute Gasteiger partial charge is 0.417 e. The molecular weight excluding hydrogens is 218 g/mol. The molecule has 0 radical (unpaired) electrons. The number of oxazole rings is 1. The van der Waals surface area contributed by atoms with Crippen molar-refractivity contribution in [2.75, 3.05) is 13.2 Å². The first kappa shape index (κ1) is 12.0. The molecule has 16 heavy (non-hydrogen) atoms. The predicted octanol–water partition coefficient (Wildman–Crippen LogP) is 0.321. The SMILES string of the molecule is CCOC(=O)c1[nH]c(=O)oc1C(=O)OCC. The summed E-state index contributed by atoms with van der Waals surface area (Å²) in [7, 11) is 0. The van der Waals surface area contributed by atoms with E-state index in [1.54, 1.807) is 13.8 Å². The summed E-state index contributed by atoms with van der Waals surface area (Å²) < 4.78 is 13.8. The molecule has 1 aromatic heterocycles. The Balaban J connectivity index is 3.04. The zero-order valence-corrected chi connectivity index (χ0v) is 8.86. The van der Waals surface area contributed by atoms with Crippen molar-refractivity contribution >= 4 is 11.9 Å². The van der Waals surface area contributed by atoms with Gasteiger partial charge < -0.3 is 13.9 Å². The van der Waals surface area contributed by atoms with Gasteiger partial charge in [-0.2, -0.15) is 0 Å². The number of hydrogen-bond acceptors (Lipinski definition) is 6. The van der Waals surface area contributed by atoms with E-state index in [1.165, 1.54) is 0 Å². The number of aromatic nitrogens is 1. The first-order valence-electron chi connectivity index (χ1n) is 4.67. The number of rotatable bonds is 4. The summed E-state index contributed by atoms with van der Waals surface area (Å²) in [4.78, 5) is 35.6. The fraction of sp³-hybridized carbons (Fsp3) is 0.444. The highest BCUT2D eigenvalue weighted by molar-refractivity contribution is 5.99. The van der Waals surface area contributed by atoms with Gasteiger partial charge in [-0.15, -0.1) is 0 Å². The van der Waals surface area contributed by atoms with Gasteiger partial charge in [0.25, 0.3) is 0 Å². The van der Waals surface area contributed by atoms with Crippen LogP contribution in [0.3, 0.4) is 0 Å². The van der Waals surface area contributed by atoms with Gasteiger partial charge in [-0.05, 0) is 13.8 Å². The van der Waals surface area contributed by atoms with Gasteiger partial charge in [0.05, 0.1) is 13.2 Å². The summed E-state index contributed by atoms with van der Waals surface area (Å²) in [5.74, 6) is -3.10. The lowest BCUT2D eigenvalue weighted by Crippen LogP contribution is -2.13. The first-order chi connectivity index (χ1) is 7.60. The molecule has 0 aliphatic carbocycles. The number of ether oxygens (including phenoxy) is 2. The third kappa shape index (κ3) is 2.50. The van der Waals surface area contributed by atoms with E-state index in [-0.39, 0.29) is 18.9 Å². The molecule has 1 rings (SSSR count). The van der Waals surface area contributed by atoms with Gasteiger partial charge >= 0.3 is 17.7 Å². The summed E-state index contributed by atoms with van der Waals surface area (Å²) in [5, 5.41) is 0. The van der Waals surface area contributed by atoms with Crippen LogP contribution in [-0.4, -0.2) is 30.1 Å². The van der Waals surface area contributed by atoms with E-state index in [1.807, 2.05) is 0 Å².